The second-order valence-electron chi connectivity index (χ2n) is 6.54. The first-order valence-electron chi connectivity index (χ1n) is 8.80. The molecule has 1 aliphatic carbocycles. The molecule has 0 N–H and O–H groups in total. The van der Waals surface area contributed by atoms with Crippen LogP contribution in [-0.4, -0.2) is 0 Å². The summed E-state index contributed by atoms with van der Waals surface area (Å²) in [5.74, 6) is 3.55. The van der Waals surface area contributed by atoms with Gasteiger partial charge in [0.2, 0.25) is 0 Å². The molecule has 0 nitrogen and oxygen atoms in total. The molecule has 1 fully saturated rings. The molecule has 1 unspecified atom stereocenters. The van der Waals surface area contributed by atoms with Crippen molar-refractivity contribution in [1.82, 2.24) is 0 Å². The Morgan fingerprint density at radius 1 is 1.00 bits per heavy atom. The molecule has 0 spiro atoms. The standard InChI is InChI=1S/C17H32.C2H6/c1-5-16(9-6-14(2)3)12-13-17-10-7-15(4)8-11-17;1-2/h12-17H,5-11H2,1-4H3;1-2H3/b13-12+;. The van der Waals surface area contributed by atoms with Crippen LogP contribution in [-0.2, 0) is 0 Å². The first-order chi connectivity index (χ1) is 9.11. The molecule has 1 atom stereocenters. The highest BCUT2D eigenvalue weighted by atomic mass is 14.2. The topological polar surface area (TPSA) is 0 Å². The SMILES string of the molecule is CC.CCC(/C=C/C1CCC(C)CC1)CCC(C)C. The van der Waals surface area contributed by atoms with E-state index in [-0.39, 0.29) is 0 Å². The minimum atomic E-state index is 0.830. The van der Waals surface area contributed by atoms with Gasteiger partial charge in [-0.2, -0.15) is 0 Å². The molecule has 0 aromatic carbocycles. The summed E-state index contributed by atoms with van der Waals surface area (Å²) in [6, 6.07) is 0. The summed E-state index contributed by atoms with van der Waals surface area (Å²) in [4.78, 5) is 0. The highest BCUT2D eigenvalue weighted by Crippen LogP contribution is 2.29. The molecule has 0 aromatic rings. The third kappa shape index (κ3) is 9.30. The zero-order chi connectivity index (χ0) is 14.7. The molecule has 0 bridgehead atoms. The lowest BCUT2D eigenvalue weighted by atomic mass is 9.82. The van der Waals surface area contributed by atoms with Gasteiger partial charge in [0.05, 0.1) is 0 Å². The van der Waals surface area contributed by atoms with Crippen LogP contribution in [0.25, 0.3) is 0 Å². The van der Waals surface area contributed by atoms with Gasteiger partial charge >= 0.3 is 0 Å². The molecule has 1 saturated carbocycles. The van der Waals surface area contributed by atoms with Gasteiger partial charge in [0, 0.05) is 0 Å². The minimum Gasteiger partial charge on any atom is -0.0852 e. The Labute approximate surface area is 123 Å². The van der Waals surface area contributed by atoms with E-state index in [9.17, 15) is 0 Å². The van der Waals surface area contributed by atoms with Crippen LogP contribution >= 0.6 is 0 Å². The fourth-order valence-corrected chi connectivity index (χ4v) is 2.78. The third-order valence-corrected chi connectivity index (χ3v) is 4.36. The molecular weight excluding hydrogens is 228 g/mol. The number of hydrogen-bond acceptors (Lipinski definition) is 0. The Morgan fingerprint density at radius 2 is 1.58 bits per heavy atom. The molecular formula is C19H38. The summed E-state index contributed by atoms with van der Waals surface area (Å²) in [5, 5.41) is 0. The molecule has 0 radical (unpaired) electrons. The first kappa shape index (κ1) is 18.7. The molecule has 1 rings (SSSR count). The first-order valence-corrected chi connectivity index (χ1v) is 8.80. The van der Waals surface area contributed by atoms with Crippen LogP contribution < -0.4 is 0 Å². The Balaban J connectivity index is 0.00000154. The lowest BCUT2D eigenvalue weighted by molar-refractivity contribution is 0.329. The van der Waals surface area contributed by atoms with E-state index in [0.29, 0.717) is 0 Å². The van der Waals surface area contributed by atoms with E-state index in [1.165, 1.54) is 44.9 Å². The second kappa shape index (κ2) is 11.6. The van der Waals surface area contributed by atoms with Gasteiger partial charge in [-0.05, 0) is 49.4 Å². The number of hydrogen-bond donors (Lipinski definition) is 0. The van der Waals surface area contributed by atoms with Gasteiger partial charge in [-0.15, -0.1) is 0 Å². The van der Waals surface area contributed by atoms with Crippen LogP contribution in [0.2, 0.25) is 0 Å². The lowest BCUT2D eigenvalue weighted by Gasteiger charge is -2.24. The zero-order valence-electron chi connectivity index (χ0n) is 14.4. The van der Waals surface area contributed by atoms with Gasteiger partial charge in [-0.25, -0.2) is 0 Å². The van der Waals surface area contributed by atoms with Crippen LogP contribution in [0.4, 0.5) is 0 Å². The van der Waals surface area contributed by atoms with Crippen molar-refractivity contribution in [2.45, 2.75) is 86.5 Å². The van der Waals surface area contributed by atoms with Crippen LogP contribution in [0.3, 0.4) is 0 Å². The normalized spacial score (nSPS) is 25.2. The highest BCUT2D eigenvalue weighted by Gasteiger charge is 2.16. The Bertz CT molecular complexity index is 206. The van der Waals surface area contributed by atoms with E-state index in [0.717, 1.165) is 23.7 Å². The van der Waals surface area contributed by atoms with Gasteiger partial charge in [0.1, 0.15) is 0 Å². The third-order valence-electron chi connectivity index (χ3n) is 4.36. The smallest absolute Gasteiger partial charge is 0.0233 e. The van der Waals surface area contributed by atoms with Crippen LogP contribution in [0.5, 0.6) is 0 Å². The maximum Gasteiger partial charge on any atom is -0.0233 e. The lowest BCUT2D eigenvalue weighted by Crippen LogP contribution is -2.10. The zero-order valence-corrected chi connectivity index (χ0v) is 14.4. The van der Waals surface area contributed by atoms with Crippen molar-refractivity contribution in [1.29, 1.82) is 0 Å². The summed E-state index contributed by atoms with van der Waals surface area (Å²) in [7, 11) is 0. The summed E-state index contributed by atoms with van der Waals surface area (Å²) < 4.78 is 0. The fraction of sp³-hybridized carbons (Fsp3) is 0.895. The van der Waals surface area contributed by atoms with E-state index in [2.05, 4.69) is 39.8 Å². The summed E-state index contributed by atoms with van der Waals surface area (Å²) >= 11 is 0. The number of rotatable bonds is 6. The molecule has 19 heavy (non-hydrogen) atoms. The van der Waals surface area contributed by atoms with Gasteiger partial charge in [0.15, 0.2) is 0 Å². The molecule has 0 aromatic heterocycles. The molecule has 0 heteroatoms. The molecule has 0 aliphatic heterocycles. The molecule has 0 heterocycles. The minimum absolute atomic E-state index is 0.830. The predicted molar refractivity (Wildman–Crippen MR) is 89.5 cm³/mol. The van der Waals surface area contributed by atoms with Crippen molar-refractivity contribution in [3.05, 3.63) is 12.2 Å². The van der Waals surface area contributed by atoms with Crippen molar-refractivity contribution in [3.8, 4) is 0 Å². The summed E-state index contributed by atoms with van der Waals surface area (Å²) in [6.45, 7) is 13.4. The van der Waals surface area contributed by atoms with E-state index in [1.807, 2.05) is 13.8 Å². The van der Waals surface area contributed by atoms with Crippen molar-refractivity contribution in [2.75, 3.05) is 0 Å². The van der Waals surface area contributed by atoms with Gasteiger partial charge in [-0.1, -0.05) is 73.0 Å². The highest BCUT2D eigenvalue weighted by molar-refractivity contribution is 4.94. The van der Waals surface area contributed by atoms with E-state index < -0.39 is 0 Å². The average molecular weight is 267 g/mol. The fourth-order valence-electron chi connectivity index (χ4n) is 2.78. The monoisotopic (exact) mass is 266 g/mol. The molecule has 0 saturated heterocycles. The maximum absolute atomic E-state index is 2.54. The Kier molecular flexibility index (Phi) is 11.4. The van der Waals surface area contributed by atoms with Crippen molar-refractivity contribution < 1.29 is 0 Å². The summed E-state index contributed by atoms with van der Waals surface area (Å²) in [5.41, 5.74) is 0. The average Bonchev–Trinajstić information content (AvgIpc) is 2.43. The van der Waals surface area contributed by atoms with Crippen molar-refractivity contribution >= 4 is 0 Å². The van der Waals surface area contributed by atoms with Crippen molar-refractivity contribution in [2.24, 2.45) is 23.7 Å². The van der Waals surface area contributed by atoms with Crippen molar-refractivity contribution in [3.63, 3.8) is 0 Å². The second-order valence-corrected chi connectivity index (χ2v) is 6.54. The maximum atomic E-state index is 2.54. The van der Waals surface area contributed by atoms with Gasteiger partial charge in [0.25, 0.3) is 0 Å². The largest absolute Gasteiger partial charge is 0.0852 e. The van der Waals surface area contributed by atoms with Crippen LogP contribution in [0, 0.1) is 23.7 Å². The Morgan fingerprint density at radius 3 is 2.05 bits per heavy atom. The number of allylic oxidation sites excluding steroid dienone is 2. The molecule has 114 valence electrons. The van der Waals surface area contributed by atoms with Gasteiger partial charge in [-0.3, -0.25) is 0 Å². The van der Waals surface area contributed by atoms with Crippen LogP contribution in [0.1, 0.15) is 86.5 Å². The summed E-state index contributed by atoms with van der Waals surface area (Å²) in [6.07, 6.45) is 14.9. The van der Waals surface area contributed by atoms with Crippen LogP contribution in [0.15, 0.2) is 12.2 Å². The van der Waals surface area contributed by atoms with E-state index in [1.54, 1.807) is 0 Å². The van der Waals surface area contributed by atoms with E-state index >= 15 is 0 Å². The quantitative estimate of drug-likeness (QED) is 0.461. The van der Waals surface area contributed by atoms with E-state index in [4.69, 9.17) is 0 Å². The predicted octanol–water partition coefficient (Wildman–Crippen LogP) is 6.86. The molecule has 1 aliphatic rings. The Hall–Kier alpha value is -0.260. The molecule has 0 amide bonds. The van der Waals surface area contributed by atoms with Gasteiger partial charge < -0.3 is 0 Å².